The molecule has 1 aromatic heterocycles. The van der Waals surface area contributed by atoms with Crippen LogP contribution in [0, 0.1) is 0 Å². The highest BCUT2D eigenvalue weighted by Gasteiger charge is 2.05. The van der Waals surface area contributed by atoms with Crippen LogP contribution in [0.2, 0.25) is 0 Å². The first-order valence-electron chi connectivity index (χ1n) is 6.10. The topological polar surface area (TPSA) is 37.3 Å². The molecule has 0 aliphatic carbocycles. The molecule has 18 heavy (non-hydrogen) atoms. The molecular weight excluding hydrogens is 244 g/mol. The fourth-order valence-corrected chi connectivity index (χ4v) is 2.38. The molecule has 1 heterocycles. The zero-order valence-corrected chi connectivity index (χ0v) is 12.0. The summed E-state index contributed by atoms with van der Waals surface area (Å²) in [7, 11) is 0. The van der Waals surface area contributed by atoms with Crippen LogP contribution in [0.25, 0.3) is 0 Å². The molecule has 0 aliphatic rings. The summed E-state index contributed by atoms with van der Waals surface area (Å²) in [4.78, 5) is 12.3. The molecule has 3 heteroatoms. The van der Waals surface area contributed by atoms with Gasteiger partial charge in [-0.2, -0.15) is 0 Å². The van der Waals surface area contributed by atoms with Crippen molar-refractivity contribution in [2.75, 3.05) is 0 Å². The number of hydrogen-bond donors (Lipinski definition) is 1. The minimum atomic E-state index is -0.837. The predicted molar refractivity (Wildman–Crippen MR) is 77.4 cm³/mol. The van der Waals surface area contributed by atoms with E-state index < -0.39 is 5.97 Å². The molecule has 0 aromatic carbocycles. The maximum absolute atomic E-state index is 10.7. The van der Waals surface area contributed by atoms with E-state index in [0.29, 0.717) is 4.88 Å². The third-order valence-corrected chi connectivity index (χ3v) is 3.71. The van der Waals surface area contributed by atoms with Crippen molar-refractivity contribution in [1.29, 1.82) is 0 Å². The Labute approximate surface area is 113 Å². The lowest BCUT2D eigenvalue weighted by Gasteiger charge is -1.98. The Morgan fingerprint density at radius 1 is 1.28 bits per heavy atom. The highest BCUT2D eigenvalue weighted by molar-refractivity contribution is 7.13. The van der Waals surface area contributed by atoms with Crippen molar-refractivity contribution in [3.05, 3.63) is 45.2 Å². The monoisotopic (exact) mass is 264 g/mol. The fraction of sp³-hybridized carbons (Fsp3) is 0.400. The highest BCUT2D eigenvalue weighted by atomic mass is 32.1. The largest absolute Gasteiger partial charge is 0.477 e. The van der Waals surface area contributed by atoms with Gasteiger partial charge in [0, 0.05) is 11.3 Å². The van der Waals surface area contributed by atoms with E-state index in [9.17, 15) is 4.79 Å². The Morgan fingerprint density at radius 3 is 2.56 bits per heavy atom. The predicted octanol–water partition coefficient (Wildman–Crippen LogP) is 4.68. The summed E-state index contributed by atoms with van der Waals surface area (Å²) in [5.41, 5.74) is 2.71. The van der Waals surface area contributed by atoms with Gasteiger partial charge in [0.2, 0.25) is 0 Å². The molecule has 0 atom stereocenters. The molecule has 0 saturated carbocycles. The van der Waals surface area contributed by atoms with Gasteiger partial charge in [0.25, 0.3) is 0 Å². The number of aromatic carboxylic acids is 1. The van der Waals surface area contributed by atoms with Crippen molar-refractivity contribution >= 4 is 17.3 Å². The maximum atomic E-state index is 10.7. The van der Waals surface area contributed by atoms with E-state index >= 15 is 0 Å². The van der Waals surface area contributed by atoms with Gasteiger partial charge in [-0.3, -0.25) is 0 Å². The molecular formula is C15H20O2S. The first kappa shape index (κ1) is 14.7. The lowest BCUT2D eigenvalue weighted by atomic mass is 10.1. The molecule has 1 aromatic rings. The van der Waals surface area contributed by atoms with Gasteiger partial charge >= 0.3 is 5.97 Å². The summed E-state index contributed by atoms with van der Waals surface area (Å²) in [6, 6.07) is 3.57. The molecule has 0 fully saturated rings. The third kappa shape index (κ3) is 5.32. The lowest BCUT2D eigenvalue weighted by molar-refractivity contribution is 0.0702. The van der Waals surface area contributed by atoms with Crippen LogP contribution >= 0.6 is 11.3 Å². The Kier molecular flexibility index (Phi) is 5.86. The van der Waals surface area contributed by atoms with E-state index in [2.05, 4.69) is 32.9 Å². The summed E-state index contributed by atoms with van der Waals surface area (Å²) in [6.07, 6.45) is 7.41. The van der Waals surface area contributed by atoms with Gasteiger partial charge < -0.3 is 5.11 Å². The highest BCUT2D eigenvalue weighted by Crippen LogP contribution is 2.18. The second kappa shape index (κ2) is 7.17. The summed E-state index contributed by atoms with van der Waals surface area (Å²) in [5, 5.41) is 8.83. The Balaban J connectivity index is 2.46. The van der Waals surface area contributed by atoms with E-state index in [4.69, 9.17) is 5.11 Å². The normalized spacial score (nSPS) is 11.4. The van der Waals surface area contributed by atoms with Crippen molar-refractivity contribution in [2.24, 2.45) is 0 Å². The Hall–Kier alpha value is -1.35. The summed E-state index contributed by atoms with van der Waals surface area (Å²) in [6.45, 7) is 6.35. The van der Waals surface area contributed by atoms with Crippen molar-refractivity contribution in [1.82, 2.24) is 0 Å². The second-order valence-electron chi connectivity index (χ2n) is 4.65. The van der Waals surface area contributed by atoms with Gasteiger partial charge in [-0.25, -0.2) is 4.79 Å². The molecule has 0 spiro atoms. The zero-order valence-electron chi connectivity index (χ0n) is 11.2. The number of carboxylic acid groups (broad SMARTS) is 1. The van der Waals surface area contributed by atoms with Crippen molar-refractivity contribution < 1.29 is 9.90 Å². The number of hydrogen-bond acceptors (Lipinski definition) is 2. The SMILES string of the molecule is CC(C)=CCC/C(C)=C/Cc1ccc(C(=O)O)s1. The van der Waals surface area contributed by atoms with Crippen molar-refractivity contribution in [2.45, 2.75) is 40.0 Å². The fourth-order valence-electron chi connectivity index (χ4n) is 1.57. The second-order valence-corrected chi connectivity index (χ2v) is 5.81. The molecule has 0 unspecified atom stereocenters. The van der Waals surface area contributed by atoms with Crippen LogP contribution in [0.15, 0.2) is 35.4 Å². The average Bonchev–Trinajstić information content (AvgIpc) is 2.74. The zero-order chi connectivity index (χ0) is 13.5. The number of carbonyl (C=O) groups is 1. The van der Waals surface area contributed by atoms with E-state index in [1.807, 2.05) is 6.07 Å². The van der Waals surface area contributed by atoms with Crippen LogP contribution in [-0.4, -0.2) is 11.1 Å². The number of rotatable bonds is 6. The number of thiophene rings is 1. The van der Waals surface area contributed by atoms with Gasteiger partial charge in [-0.05, 0) is 45.7 Å². The molecule has 0 bridgehead atoms. The van der Waals surface area contributed by atoms with E-state index in [1.165, 1.54) is 22.5 Å². The first-order chi connectivity index (χ1) is 8.49. The lowest BCUT2D eigenvalue weighted by Crippen LogP contribution is -1.89. The molecule has 98 valence electrons. The van der Waals surface area contributed by atoms with Crippen LogP contribution in [-0.2, 0) is 6.42 Å². The molecule has 0 amide bonds. The minimum absolute atomic E-state index is 0.417. The Morgan fingerprint density at radius 2 is 2.00 bits per heavy atom. The van der Waals surface area contributed by atoms with Crippen LogP contribution in [0.3, 0.4) is 0 Å². The van der Waals surface area contributed by atoms with Gasteiger partial charge in [0.05, 0.1) is 0 Å². The van der Waals surface area contributed by atoms with E-state index in [-0.39, 0.29) is 0 Å². The van der Waals surface area contributed by atoms with Crippen LogP contribution < -0.4 is 0 Å². The van der Waals surface area contributed by atoms with Crippen molar-refractivity contribution in [3.8, 4) is 0 Å². The molecule has 2 nitrogen and oxygen atoms in total. The van der Waals surface area contributed by atoms with Crippen LogP contribution in [0.1, 0.15) is 48.2 Å². The van der Waals surface area contributed by atoms with Gasteiger partial charge in [-0.1, -0.05) is 23.3 Å². The summed E-state index contributed by atoms with van der Waals surface area (Å²) in [5.74, 6) is -0.837. The first-order valence-corrected chi connectivity index (χ1v) is 6.91. The van der Waals surface area contributed by atoms with Gasteiger partial charge in [0.1, 0.15) is 4.88 Å². The molecule has 1 N–H and O–H groups in total. The number of carboxylic acids is 1. The van der Waals surface area contributed by atoms with E-state index in [0.717, 1.165) is 24.1 Å². The van der Waals surface area contributed by atoms with Crippen molar-refractivity contribution in [3.63, 3.8) is 0 Å². The van der Waals surface area contributed by atoms with E-state index in [1.54, 1.807) is 6.07 Å². The van der Waals surface area contributed by atoms with Gasteiger partial charge in [0.15, 0.2) is 0 Å². The maximum Gasteiger partial charge on any atom is 0.345 e. The molecule has 1 rings (SSSR count). The molecule has 0 radical (unpaired) electrons. The summed E-state index contributed by atoms with van der Waals surface area (Å²) >= 11 is 1.36. The van der Waals surface area contributed by atoms with Crippen LogP contribution in [0.5, 0.6) is 0 Å². The quantitative estimate of drug-likeness (QED) is 0.757. The average molecular weight is 264 g/mol. The Bertz CT molecular complexity index is 463. The third-order valence-electron chi connectivity index (χ3n) is 2.62. The molecule has 0 aliphatic heterocycles. The smallest absolute Gasteiger partial charge is 0.345 e. The standard InChI is InChI=1S/C15H20O2S/c1-11(2)5-4-6-12(3)7-8-13-9-10-14(18-13)15(16)17/h5,7,9-10H,4,6,8H2,1-3H3,(H,16,17)/b12-7+. The summed E-state index contributed by atoms with van der Waals surface area (Å²) < 4.78 is 0. The van der Waals surface area contributed by atoms with Gasteiger partial charge in [-0.15, -0.1) is 11.3 Å². The van der Waals surface area contributed by atoms with Crippen LogP contribution in [0.4, 0.5) is 0 Å². The molecule has 0 saturated heterocycles. The number of allylic oxidation sites excluding steroid dienone is 4. The minimum Gasteiger partial charge on any atom is -0.477 e.